The highest BCUT2D eigenvalue weighted by molar-refractivity contribution is 7.92. The number of hydrogen-bond acceptors (Lipinski definition) is 4. The van der Waals surface area contributed by atoms with Crippen molar-refractivity contribution in [2.75, 3.05) is 17.9 Å². The van der Waals surface area contributed by atoms with E-state index in [0.29, 0.717) is 48.3 Å². The van der Waals surface area contributed by atoms with Gasteiger partial charge < -0.3 is 9.47 Å². The third-order valence-electron chi connectivity index (χ3n) is 4.34. The van der Waals surface area contributed by atoms with E-state index >= 15 is 0 Å². The highest BCUT2D eigenvalue weighted by atomic mass is 35.5. The van der Waals surface area contributed by atoms with E-state index in [1.807, 2.05) is 26.0 Å². The third-order valence-corrected chi connectivity index (χ3v) is 6.04. The van der Waals surface area contributed by atoms with E-state index in [2.05, 4.69) is 4.72 Å². The number of fused-ring (bicyclic) bond motifs is 1. The van der Waals surface area contributed by atoms with Gasteiger partial charge in [-0.3, -0.25) is 4.72 Å². The van der Waals surface area contributed by atoms with E-state index < -0.39 is 10.0 Å². The largest absolute Gasteiger partial charge is 0.490 e. The summed E-state index contributed by atoms with van der Waals surface area (Å²) in [5.41, 5.74) is 2.27. The predicted molar refractivity (Wildman–Crippen MR) is 103 cm³/mol. The number of rotatable bonds is 5. The molecule has 0 radical (unpaired) electrons. The Bertz CT molecular complexity index is 912. The van der Waals surface area contributed by atoms with E-state index in [0.717, 1.165) is 17.5 Å². The molecule has 1 aliphatic heterocycles. The molecule has 0 aromatic heterocycles. The van der Waals surface area contributed by atoms with Crippen LogP contribution < -0.4 is 14.2 Å². The second-order valence-corrected chi connectivity index (χ2v) is 8.12. The first kappa shape index (κ1) is 18.9. The predicted octanol–water partition coefficient (Wildman–Crippen LogP) is 4.43. The molecule has 0 atom stereocenters. The lowest BCUT2D eigenvalue weighted by Crippen LogP contribution is -2.16. The van der Waals surface area contributed by atoms with Gasteiger partial charge in [-0.1, -0.05) is 31.5 Å². The molecule has 0 amide bonds. The maximum absolute atomic E-state index is 13.0. The Hall–Kier alpha value is -1.92. The van der Waals surface area contributed by atoms with Crippen molar-refractivity contribution in [2.45, 2.75) is 38.0 Å². The first-order valence-corrected chi connectivity index (χ1v) is 10.5. The Kier molecular flexibility index (Phi) is 5.63. The molecule has 1 N–H and O–H groups in total. The lowest BCUT2D eigenvalue weighted by atomic mass is 10.0. The van der Waals surface area contributed by atoms with Crippen LogP contribution in [0.4, 0.5) is 5.69 Å². The van der Waals surface area contributed by atoms with Crippen molar-refractivity contribution < 1.29 is 17.9 Å². The molecule has 3 rings (SSSR count). The average molecular weight is 396 g/mol. The van der Waals surface area contributed by atoms with E-state index in [1.165, 1.54) is 12.1 Å². The average Bonchev–Trinajstić information content (AvgIpc) is 2.86. The molecule has 1 aliphatic rings. The highest BCUT2D eigenvalue weighted by Crippen LogP contribution is 2.34. The van der Waals surface area contributed by atoms with Gasteiger partial charge in [-0.05, 0) is 42.2 Å². The summed E-state index contributed by atoms with van der Waals surface area (Å²) in [5, 5.41) is 0.557. The van der Waals surface area contributed by atoms with Gasteiger partial charge in [0.2, 0.25) is 0 Å². The monoisotopic (exact) mass is 395 g/mol. The Morgan fingerprint density at radius 2 is 1.77 bits per heavy atom. The zero-order valence-corrected chi connectivity index (χ0v) is 16.4. The molecule has 5 nitrogen and oxygen atoms in total. The minimum absolute atomic E-state index is 0.130. The molecule has 0 fully saturated rings. The van der Waals surface area contributed by atoms with Crippen molar-refractivity contribution in [3.63, 3.8) is 0 Å². The number of benzene rings is 2. The normalized spacial score (nSPS) is 14.0. The summed E-state index contributed by atoms with van der Waals surface area (Å²) < 4.78 is 39.8. The minimum Gasteiger partial charge on any atom is -0.490 e. The molecule has 0 aliphatic carbocycles. The van der Waals surface area contributed by atoms with Crippen molar-refractivity contribution in [1.29, 1.82) is 0 Å². The van der Waals surface area contributed by atoms with Crippen LogP contribution >= 0.6 is 11.6 Å². The molecule has 0 bridgehead atoms. The maximum atomic E-state index is 13.0. The second kappa shape index (κ2) is 7.76. The van der Waals surface area contributed by atoms with Crippen molar-refractivity contribution in [1.82, 2.24) is 0 Å². The minimum atomic E-state index is -3.78. The molecule has 1 heterocycles. The number of hydrogen-bond donors (Lipinski definition) is 1. The van der Waals surface area contributed by atoms with E-state index in [1.54, 1.807) is 6.07 Å². The van der Waals surface area contributed by atoms with Crippen LogP contribution in [0.5, 0.6) is 11.5 Å². The molecule has 140 valence electrons. The zero-order valence-electron chi connectivity index (χ0n) is 14.8. The van der Waals surface area contributed by atoms with Gasteiger partial charge in [0.05, 0.1) is 23.8 Å². The van der Waals surface area contributed by atoms with Gasteiger partial charge in [-0.2, -0.15) is 0 Å². The van der Waals surface area contributed by atoms with Crippen molar-refractivity contribution in [3.05, 3.63) is 46.5 Å². The van der Waals surface area contributed by atoms with Gasteiger partial charge in [0.1, 0.15) is 0 Å². The standard InChI is InChI=1S/C19H22ClNO4S/c1-3-13-6-8-16(20)15(4-2)19(13)21-26(22,23)14-7-9-17-18(12-14)25-11-5-10-24-17/h6-9,12,21H,3-5,10-11H2,1-2H3. The molecule has 26 heavy (non-hydrogen) atoms. The summed E-state index contributed by atoms with van der Waals surface area (Å²) in [5.74, 6) is 1.01. The van der Waals surface area contributed by atoms with Crippen molar-refractivity contribution in [2.24, 2.45) is 0 Å². The van der Waals surface area contributed by atoms with Crippen LogP contribution in [0.3, 0.4) is 0 Å². The van der Waals surface area contributed by atoms with Crippen LogP contribution in [0.15, 0.2) is 35.2 Å². The molecule has 0 saturated heterocycles. The Balaban J connectivity index is 2.00. The lowest BCUT2D eigenvalue weighted by molar-refractivity contribution is 0.297. The molecule has 2 aromatic rings. The fourth-order valence-electron chi connectivity index (χ4n) is 2.94. The maximum Gasteiger partial charge on any atom is 0.262 e. The molecule has 0 unspecified atom stereocenters. The van der Waals surface area contributed by atoms with E-state index in [4.69, 9.17) is 21.1 Å². The second-order valence-electron chi connectivity index (χ2n) is 6.03. The summed E-state index contributed by atoms with van der Waals surface area (Å²) in [6.07, 6.45) is 2.09. The van der Waals surface area contributed by atoms with Crippen LogP contribution in [0.1, 0.15) is 31.4 Å². The van der Waals surface area contributed by atoms with Gasteiger partial charge in [-0.15, -0.1) is 0 Å². The van der Waals surface area contributed by atoms with Gasteiger partial charge >= 0.3 is 0 Å². The zero-order chi connectivity index (χ0) is 18.7. The summed E-state index contributed by atoms with van der Waals surface area (Å²) >= 11 is 6.27. The molecule has 2 aromatic carbocycles. The van der Waals surface area contributed by atoms with Gasteiger partial charge in [0.25, 0.3) is 10.0 Å². The number of anilines is 1. The topological polar surface area (TPSA) is 64.6 Å². The SMILES string of the molecule is CCc1ccc(Cl)c(CC)c1NS(=O)(=O)c1ccc2c(c1)OCCCO2. The van der Waals surface area contributed by atoms with E-state index in [-0.39, 0.29) is 4.90 Å². The fourth-order valence-corrected chi connectivity index (χ4v) is 4.38. The summed E-state index contributed by atoms with van der Waals surface area (Å²) in [7, 11) is -3.78. The summed E-state index contributed by atoms with van der Waals surface area (Å²) in [4.78, 5) is 0.130. The summed E-state index contributed by atoms with van der Waals surface area (Å²) in [6, 6.07) is 8.33. The number of nitrogens with one attached hydrogen (secondary N) is 1. The van der Waals surface area contributed by atoms with Crippen LogP contribution in [-0.2, 0) is 22.9 Å². The Morgan fingerprint density at radius 3 is 2.46 bits per heavy atom. The van der Waals surface area contributed by atoms with Crippen molar-refractivity contribution in [3.8, 4) is 11.5 Å². The van der Waals surface area contributed by atoms with Gasteiger partial charge in [-0.25, -0.2) is 8.42 Å². The van der Waals surface area contributed by atoms with E-state index in [9.17, 15) is 8.42 Å². The molecular weight excluding hydrogens is 374 g/mol. The molecule has 0 saturated carbocycles. The van der Waals surface area contributed by atoms with Crippen LogP contribution in [0, 0.1) is 0 Å². The van der Waals surface area contributed by atoms with Gasteiger partial charge in [0, 0.05) is 17.5 Å². The number of sulfonamides is 1. The van der Waals surface area contributed by atoms with Gasteiger partial charge in [0.15, 0.2) is 11.5 Å². The molecule has 7 heteroatoms. The molecular formula is C19H22ClNO4S. The lowest BCUT2D eigenvalue weighted by Gasteiger charge is -2.17. The van der Waals surface area contributed by atoms with Crippen LogP contribution in [-0.4, -0.2) is 21.6 Å². The summed E-state index contributed by atoms with van der Waals surface area (Å²) in [6.45, 7) is 4.98. The Morgan fingerprint density at radius 1 is 1.04 bits per heavy atom. The first-order valence-electron chi connectivity index (χ1n) is 8.69. The van der Waals surface area contributed by atoms with Crippen molar-refractivity contribution >= 4 is 27.3 Å². The number of aryl methyl sites for hydroxylation is 1. The quantitative estimate of drug-likeness (QED) is 0.813. The molecule has 0 spiro atoms. The highest BCUT2D eigenvalue weighted by Gasteiger charge is 2.22. The first-order chi connectivity index (χ1) is 12.5. The fraction of sp³-hybridized carbons (Fsp3) is 0.368. The number of ether oxygens (including phenoxy) is 2. The van der Waals surface area contributed by atoms with Crippen LogP contribution in [0.2, 0.25) is 5.02 Å². The van der Waals surface area contributed by atoms with Crippen LogP contribution in [0.25, 0.3) is 0 Å². The number of halogens is 1. The Labute approximate surface area is 159 Å². The smallest absolute Gasteiger partial charge is 0.262 e. The third kappa shape index (κ3) is 3.76.